The van der Waals surface area contributed by atoms with Gasteiger partial charge in [-0.25, -0.2) is 9.78 Å². The quantitative estimate of drug-likeness (QED) is 0.853. The molecule has 20 heavy (non-hydrogen) atoms. The van der Waals surface area contributed by atoms with Crippen molar-refractivity contribution >= 4 is 11.9 Å². The Hall–Kier alpha value is -1.82. The Morgan fingerprint density at radius 2 is 2.45 bits per heavy atom. The van der Waals surface area contributed by atoms with Crippen molar-refractivity contribution in [3.63, 3.8) is 0 Å². The predicted octanol–water partition coefficient (Wildman–Crippen LogP) is 1.44. The van der Waals surface area contributed by atoms with E-state index in [9.17, 15) is 4.79 Å². The van der Waals surface area contributed by atoms with Gasteiger partial charge >= 0.3 is 6.09 Å². The lowest BCUT2D eigenvalue weighted by atomic mass is 10.2. The van der Waals surface area contributed by atoms with Crippen molar-refractivity contribution in [1.29, 1.82) is 0 Å². The number of hydrogen-bond acceptors (Lipinski definition) is 5. The van der Waals surface area contributed by atoms with Gasteiger partial charge in [0, 0.05) is 38.4 Å². The minimum atomic E-state index is -0.352. The second kappa shape index (κ2) is 7.09. The lowest BCUT2D eigenvalue weighted by molar-refractivity contribution is 0.166. The van der Waals surface area contributed by atoms with Gasteiger partial charge in [0.2, 0.25) is 0 Å². The molecular formula is C14H22N4O2. The molecule has 0 saturated carbocycles. The molecule has 1 aliphatic heterocycles. The number of methoxy groups -OCH3 is 1. The van der Waals surface area contributed by atoms with Gasteiger partial charge in [0.15, 0.2) is 0 Å². The van der Waals surface area contributed by atoms with Gasteiger partial charge in [-0.2, -0.15) is 0 Å². The fourth-order valence-corrected chi connectivity index (χ4v) is 2.43. The molecule has 110 valence electrons. The fourth-order valence-electron chi connectivity index (χ4n) is 2.43. The first-order valence-electron chi connectivity index (χ1n) is 6.97. The van der Waals surface area contributed by atoms with Crippen LogP contribution in [0.4, 0.5) is 10.6 Å². The molecule has 2 N–H and O–H groups in total. The summed E-state index contributed by atoms with van der Waals surface area (Å²) in [5.74, 6) is 0.911. The third-order valence-corrected chi connectivity index (χ3v) is 3.37. The van der Waals surface area contributed by atoms with Crippen LogP contribution >= 0.6 is 0 Å². The molecular weight excluding hydrogens is 256 g/mol. The monoisotopic (exact) mass is 278 g/mol. The Labute approximate surface area is 119 Å². The lowest BCUT2D eigenvalue weighted by Gasteiger charge is -2.16. The molecule has 1 amide bonds. The number of alkyl carbamates (subject to hydrolysis) is 1. The highest BCUT2D eigenvalue weighted by Gasteiger charge is 2.24. The van der Waals surface area contributed by atoms with E-state index >= 15 is 0 Å². The zero-order valence-corrected chi connectivity index (χ0v) is 12.1. The summed E-state index contributed by atoms with van der Waals surface area (Å²) < 4.78 is 4.62. The van der Waals surface area contributed by atoms with E-state index in [4.69, 9.17) is 0 Å². The number of rotatable bonds is 5. The van der Waals surface area contributed by atoms with Gasteiger partial charge in [-0.3, -0.25) is 4.90 Å². The summed E-state index contributed by atoms with van der Waals surface area (Å²) in [6.07, 6.45) is 2.43. The molecule has 1 aromatic rings. The number of likely N-dealkylation sites (tertiary alicyclic amines) is 1. The fraction of sp³-hybridized carbons (Fsp3) is 0.571. The van der Waals surface area contributed by atoms with E-state index in [1.807, 2.05) is 12.3 Å². The van der Waals surface area contributed by atoms with Crippen molar-refractivity contribution in [1.82, 2.24) is 15.2 Å². The van der Waals surface area contributed by atoms with Gasteiger partial charge in [0.05, 0.1) is 7.11 Å². The Kier molecular flexibility index (Phi) is 5.17. The highest BCUT2D eigenvalue weighted by molar-refractivity contribution is 5.67. The van der Waals surface area contributed by atoms with Gasteiger partial charge in [-0.15, -0.1) is 0 Å². The number of nitrogens with zero attached hydrogens (tertiary/aromatic N) is 2. The van der Waals surface area contributed by atoms with Gasteiger partial charge in [-0.05, 0) is 31.0 Å². The summed E-state index contributed by atoms with van der Waals surface area (Å²) in [6, 6.07) is 4.28. The van der Waals surface area contributed by atoms with Crippen LogP contribution in [0.3, 0.4) is 0 Å². The molecule has 0 aromatic carbocycles. The van der Waals surface area contributed by atoms with Crippen LogP contribution in [0.2, 0.25) is 0 Å². The Balaban J connectivity index is 1.85. The van der Waals surface area contributed by atoms with Gasteiger partial charge in [-0.1, -0.05) is 0 Å². The third-order valence-electron chi connectivity index (χ3n) is 3.37. The molecule has 0 spiro atoms. The van der Waals surface area contributed by atoms with Crippen LogP contribution in [0.1, 0.15) is 18.9 Å². The maximum Gasteiger partial charge on any atom is 0.407 e. The molecule has 1 saturated heterocycles. The minimum absolute atomic E-state index is 0.178. The summed E-state index contributed by atoms with van der Waals surface area (Å²) in [7, 11) is 1.39. The topological polar surface area (TPSA) is 66.5 Å². The number of carbonyl (C=O) groups excluding carboxylic acids is 1. The van der Waals surface area contributed by atoms with E-state index in [1.165, 1.54) is 12.7 Å². The highest BCUT2D eigenvalue weighted by Crippen LogP contribution is 2.15. The van der Waals surface area contributed by atoms with Crippen molar-refractivity contribution in [3.05, 3.63) is 23.9 Å². The summed E-state index contributed by atoms with van der Waals surface area (Å²) in [6.45, 7) is 5.63. The smallest absolute Gasteiger partial charge is 0.407 e. The molecule has 0 bridgehead atoms. The molecule has 1 atom stereocenters. The van der Waals surface area contributed by atoms with E-state index in [-0.39, 0.29) is 12.1 Å². The molecule has 2 rings (SSSR count). The van der Waals surface area contributed by atoms with Crippen molar-refractivity contribution in [3.8, 4) is 0 Å². The van der Waals surface area contributed by atoms with Crippen molar-refractivity contribution in [2.24, 2.45) is 0 Å². The van der Waals surface area contributed by atoms with E-state index < -0.39 is 0 Å². The number of pyridine rings is 1. The van der Waals surface area contributed by atoms with E-state index in [1.54, 1.807) is 0 Å². The summed E-state index contributed by atoms with van der Waals surface area (Å²) in [5, 5.41) is 6.06. The number of amides is 1. The van der Waals surface area contributed by atoms with Crippen LogP contribution in [-0.2, 0) is 11.3 Å². The average Bonchev–Trinajstić information content (AvgIpc) is 2.86. The first kappa shape index (κ1) is 14.6. The van der Waals surface area contributed by atoms with Crippen LogP contribution in [-0.4, -0.2) is 48.8 Å². The first-order valence-corrected chi connectivity index (χ1v) is 6.97. The number of anilines is 1. The maximum absolute atomic E-state index is 11.2. The third kappa shape index (κ3) is 4.09. The summed E-state index contributed by atoms with van der Waals surface area (Å²) in [5.41, 5.74) is 1.23. The Morgan fingerprint density at radius 3 is 3.20 bits per heavy atom. The molecule has 6 nitrogen and oxygen atoms in total. The molecule has 1 unspecified atom stereocenters. The summed E-state index contributed by atoms with van der Waals surface area (Å²) >= 11 is 0. The van der Waals surface area contributed by atoms with Crippen LogP contribution < -0.4 is 10.6 Å². The van der Waals surface area contributed by atoms with Gasteiger partial charge in [0.1, 0.15) is 5.82 Å². The number of hydrogen-bond donors (Lipinski definition) is 2. The average molecular weight is 278 g/mol. The second-order valence-corrected chi connectivity index (χ2v) is 4.94. The summed E-state index contributed by atoms with van der Waals surface area (Å²) in [4.78, 5) is 17.8. The number of aromatic nitrogens is 1. The Bertz CT molecular complexity index is 453. The van der Waals surface area contributed by atoms with Gasteiger partial charge in [0.25, 0.3) is 0 Å². The second-order valence-electron chi connectivity index (χ2n) is 4.94. The largest absolute Gasteiger partial charge is 0.453 e. The molecule has 1 fully saturated rings. The molecule has 6 heteroatoms. The maximum atomic E-state index is 11.2. The van der Waals surface area contributed by atoms with Crippen LogP contribution in [0.25, 0.3) is 0 Å². The molecule has 1 aromatic heterocycles. The molecule has 1 aliphatic rings. The number of nitrogens with one attached hydrogen (secondary N) is 2. The van der Waals surface area contributed by atoms with Crippen molar-refractivity contribution in [2.75, 3.05) is 32.1 Å². The first-order chi connectivity index (χ1) is 9.71. The Morgan fingerprint density at radius 1 is 1.60 bits per heavy atom. The van der Waals surface area contributed by atoms with E-state index in [0.717, 1.165) is 38.4 Å². The van der Waals surface area contributed by atoms with Crippen LogP contribution in [0.15, 0.2) is 18.3 Å². The van der Waals surface area contributed by atoms with Crippen molar-refractivity contribution in [2.45, 2.75) is 25.9 Å². The molecule has 2 heterocycles. The zero-order valence-electron chi connectivity index (χ0n) is 12.1. The van der Waals surface area contributed by atoms with Crippen LogP contribution in [0.5, 0.6) is 0 Å². The lowest BCUT2D eigenvalue weighted by Crippen LogP contribution is -2.36. The van der Waals surface area contributed by atoms with E-state index in [0.29, 0.717) is 0 Å². The van der Waals surface area contributed by atoms with Crippen molar-refractivity contribution < 1.29 is 9.53 Å². The normalized spacial score (nSPS) is 18.8. The predicted molar refractivity (Wildman–Crippen MR) is 77.6 cm³/mol. The minimum Gasteiger partial charge on any atom is -0.453 e. The van der Waals surface area contributed by atoms with Crippen LogP contribution in [0, 0.1) is 0 Å². The van der Waals surface area contributed by atoms with E-state index in [2.05, 4.69) is 38.2 Å². The highest BCUT2D eigenvalue weighted by atomic mass is 16.5. The number of ether oxygens (including phenoxy) is 1. The SMILES string of the molecule is CCNc1cc(CN2CCC(NC(=O)OC)C2)ccn1. The number of carbonyl (C=O) groups is 1. The van der Waals surface area contributed by atoms with Gasteiger partial charge < -0.3 is 15.4 Å². The zero-order chi connectivity index (χ0) is 14.4. The molecule has 0 radical (unpaired) electrons. The standard InChI is InChI=1S/C14H22N4O2/c1-3-15-13-8-11(4-6-16-13)9-18-7-5-12(10-18)17-14(19)20-2/h4,6,8,12H,3,5,7,9-10H2,1-2H3,(H,15,16)(H,17,19). The molecule has 0 aliphatic carbocycles.